The molecule has 2 rings (SSSR count). The highest BCUT2D eigenvalue weighted by Gasteiger charge is 2.46. The minimum absolute atomic E-state index is 0.0193. The first-order valence-corrected chi connectivity index (χ1v) is 8.11. The van der Waals surface area contributed by atoms with Crippen LogP contribution in [0.5, 0.6) is 0 Å². The topological polar surface area (TPSA) is 55.8 Å². The minimum Gasteiger partial charge on any atom is -0.467 e. The Morgan fingerprint density at radius 2 is 2.26 bits per heavy atom. The van der Waals surface area contributed by atoms with E-state index in [1.54, 1.807) is 4.90 Å². The second-order valence-corrected chi connectivity index (χ2v) is 7.45. The SMILES string of the molecule is COC(=O)[C@@H]1CCC2CC(C[Si]C(C)C)OC(=O)N21. The molecular formula is C13H21NO4Si. The average molecular weight is 283 g/mol. The summed E-state index contributed by atoms with van der Waals surface area (Å²) in [5.74, 6) is -0.332. The fraction of sp³-hybridized carbons (Fsp3) is 0.846. The van der Waals surface area contributed by atoms with Crippen molar-refractivity contribution in [2.24, 2.45) is 0 Å². The third-order valence-corrected chi connectivity index (χ3v) is 5.25. The monoisotopic (exact) mass is 283 g/mol. The summed E-state index contributed by atoms with van der Waals surface area (Å²) >= 11 is 0. The van der Waals surface area contributed by atoms with E-state index in [9.17, 15) is 9.59 Å². The van der Waals surface area contributed by atoms with Crippen LogP contribution in [0.2, 0.25) is 11.6 Å². The molecule has 19 heavy (non-hydrogen) atoms. The van der Waals surface area contributed by atoms with E-state index in [0.717, 1.165) is 28.4 Å². The van der Waals surface area contributed by atoms with Crippen molar-refractivity contribution >= 4 is 21.6 Å². The summed E-state index contributed by atoms with van der Waals surface area (Å²) in [6.07, 6.45) is 2.08. The number of rotatable bonds is 4. The fourth-order valence-corrected chi connectivity index (χ4v) is 3.79. The summed E-state index contributed by atoms with van der Waals surface area (Å²) < 4.78 is 10.2. The van der Waals surface area contributed by atoms with Gasteiger partial charge in [-0.2, -0.15) is 0 Å². The predicted octanol–water partition coefficient (Wildman–Crippen LogP) is 1.85. The van der Waals surface area contributed by atoms with Gasteiger partial charge >= 0.3 is 12.1 Å². The summed E-state index contributed by atoms with van der Waals surface area (Å²) in [6.45, 7) is 4.36. The smallest absolute Gasteiger partial charge is 0.411 e. The normalized spacial score (nSPS) is 30.2. The van der Waals surface area contributed by atoms with Gasteiger partial charge in [-0.25, -0.2) is 9.59 Å². The number of nitrogens with zero attached hydrogens (tertiary/aromatic N) is 1. The van der Waals surface area contributed by atoms with Crippen LogP contribution >= 0.6 is 0 Å². The molecule has 0 spiro atoms. The van der Waals surface area contributed by atoms with Gasteiger partial charge in [-0.1, -0.05) is 19.4 Å². The quantitative estimate of drug-likeness (QED) is 0.583. The Kier molecular flexibility index (Phi) is 4.49. The van der Waals surface area contributed by atoms with Gasteiger partial charge in [0.25, 0.3) is 0 Å². The molecule has 0 N–H and O–H groups in total. The number of cyclic esters (lactones) is 1. The minimum atomic E-state index is -0.448. The molecule has 6 heteroatoms. The van der Waals surface area contributed by atoms with Crippen LogP contribution in [0.4, 0.5) is 4.79 Å². The first-order chi connectivity index (χ1) is 9.02. The third-order valence-electron chi connectivity index (χ3n) is 3.74. The highest BCUT2D eigenvalue weighted by molar-refractivity contribution is 6.37. The predicted molar refractivity (Wildman–Crippen MR) is 71.2 cm³/mol. The first kappa shape index (κ1) is 14.4. The number of carbonyl (C=O) groups excluding carboxylic acids is 2. The summed E-state index contributed by atoms with van der Waals surface area (Å²) in [7, 11) is 2.17. The molecule has 2 saturated heterocycles. The van der Waals surface area contributed by atoms with Gasteiger partial charge in [0.05, 0.1) is 7.11 Å². The first-order valence-electron chi connectivity index (χ1n) is 6.83. The van der Waals surface area contributed by atoms with Crippen LogP contribution in [0, 0.1) is 0 Å². The lowest BCUT2D eigenvalue weighted by atomic mass is 10.1. The van der Waals surface area contributed by atoms with E-state index >= 15 is 0 Å². The number of fused-ring (bicyclic) bond motifs is 1. The van der Waals surface area contributed by atoms with Gasteiger partial charge in [0.15, 0.2) is 0 Å². The van der Waals surface area contributed by atoms with Crippen LogP contribution in [0.15, 0.2) is 0 Å². The Morgan fingerprint density at radius 3 is 2.89 bits per heavy atom. The summed E-state index contributed by atoms with van der Waals surface area (Å²) in [5.41, 5.74) is 0.642. The molecule has 0 aromatic carbocycles. The second kappa shape index (κ2) is 5.94. The number of carbonyl (C=O) groups is 2. The van der Waals surface area contributed by atoms with E-state index in [2.05, 4.69) is 13.8 Å². The maximum atomic E-state index is 12.1. The van der Waals surface area contributed by atoms with E-state index in [-0.39, 0.29) is 24.2 Å². The number of methoxy groups -OCH3 is 1. The van der Waals surface area contributed by atoms with Gasteiger partial charge in [-0.05, 0) is 18.9 Å². The van der Waals surface area contributed by atoms with Crippen LogP contribution < -0.4 is 0 Å². The van der Waals surface area contributed by atoms with E-state index in [1.165, 1.54) is 7.11 Å². The highest BCUT2D eigenvalue weighted by Crippen LogP contribution is 2.34. The van der Waals surface area contributed by atoms with E-state index < -0.39 is 6.04 Å². The molecule has 5 nitrogen and oxygen atoms in total. The number of hydrogen-bond donors (Lipinski definition) is 0. The van der Waals surface area contributed by atoms with Crippen molar-refractivity contribution in [3.8, 4) is 0 Å². The Bertz CT molecular complexity index is 361. The lowest BCUT2D eigenvalue weighted by Crippen LogP contribution is -2.51. The Hall–Kier alpha value is -1.04. The van der Waals surface area contributed by atoms with Gasteiger partial charge in [-0.15, -0.1) is 0 Å². The third kappa shape index (κ3) is 3.10. The highest BCUT2D eigenvalue weighted by atomic mass is 28.2. The number of ether oxygens (including phenoxy) is 2. The van der Waals surface area contributed by atoms with Gasteiger partial charge in [0.1, 0.15) is 12.1 Å². The molecule has 1 amide bonds. The number of hydrogen-bond acceptors (Lipinski definition) is 4. The number of esters is 1. The Labute approximate surface area is 116 Å². The molecule has 2 radical (unpaired) electrons. The molecule has 2 aliphatic rings. The Balaban J connectivity index is 1.96. The van der Waals surface area contributed by atoms with E-state index in [1.807, 2.05) is 0 Å². The summed E-state index contributed by atoms with van der Waals surface area (Å²) in [4.78, 5) is 25.3. The molecule has 0 saturated carbocycles. The van der Waals surface area contributed by atoms with Crippen LogP contribution in [0.3, 0.4) is 0 Å². The molecule has 106 valence electrons. The summed E-state index contributed by atoms with van der Waals surface area (Å²) in [6, 6.07) is 0.639. The van der Waals surface area contributed by atoms with Crippen molar-refractivity contribution in [2.45, 2.75) is 62.9 Å². The molecule has 3 atom stereocenters. The molecular weight excluding hydrogens is 262 g/mol. The Morgan fingerprint density at radius 1 is 1.53 bits per heavy atom. The average Bonchev–Trinajstić information content (AvgIpc) is 2.79. The van der Waals surface area contributed by atoms with Crippen molar-refractivity contribution in [1.29, 1.82) is 0 Å². The molecule has 2 fully saturated rings. The molecule has 0 aromatic rings. The lowest BCUT2D eigenvalue weighted by Gasteiger charge is -2.36. The molecule has 0 bridgehead atoms. The standard InChI is InChI=1S/C13H21NO4Si/c1-8(2)19-7-10-6-9-4-5-11(12(15)17-3)14(9)13(16)18-10/h8-11H,4-7H2,1-3H3/t9?,10?,11-/m0/s1. The fourth-order valence-electron chi connectivity index (χ4n) is 2.81. The van der Waals surface area contributed by atoms with Gasteiger partial charge in [0.2, 0.25) is 0 Å². The molecule has 0 aliphatic carbocycles. The van der Waals surface area contributed by atoms with Crippen molar-refractivity contribution < 1.29 is 19.1 Å². The van der Waals surface area contributed by atoms with Gasteiger partial charge in [-0.3, -0.25) is 4.90 Å². The summed E-state index contributed by atoms with van der Waals surface area (Å²) in [5, 5.41) is 0. The zero-order valence-corrected chi connectivity index (χ0v) is 12.7. The zero-order valence-electron chi connectivity index (χ0n) is 11.7. The van der Waals surface area contributed by atoms with Gasteiger partial charge < -0.3 is 9.47 Å². The second-order valence-electron chi connectivity index (χ2n) is 5.48. The zero-order chi connectivity index (χ0) is 14.0. The van der Waals surface area contributed by atoms with Crippen molar-refractivity contribution in [1.82, 2.24) is 4.90 Å². The van der Waals surface area contributed by atoms with Crippen molar-refractivity contribution in [3.63, 3.8) is 0 Å². The molecule has 2 aliphatic heterocycles. The lowest BCUT2D eigenvalue weighted by molar-refractivity contribution is -0.146. The largest absolute Gasteiger partial charge is 0.467 e. The van der Waals surface area contributed by atoms with Crippen LogP contribution in [0.25, 0.3) is 0 Å². The molecule has 0 aromatic heterocycles. The molecule has 2 unspecified atom stereocenters. The van der Waals surface area contributed by atoms with Crippen LogP contribution in [-0.2, 0) is 14.3 Å². The van der Waals surface area contributed by atoms with Crippen LogP contribution in [-0.4, -0.2) is 51.8 Å². The van der Waals surface area contributed by atoms with Crippen molar-refractivity contribution in [3.05, 3.63) is 0 Å². The van der Waals surface area contributed by atoms with Gasteiger partial charge in [0, 0.05) is 22.0 Å². The maximum absolute atomic E-state index is 12.1. The number of amides is 1. The maximum Gasteiger partial charge on any atom is 0.411 e. The van der Waals surface area contributed by atoms with Crippen molar-refractivity contribution in [2.75, 3.05) is 7.11 Å². The van der Waals surface area contributed by atoms with E-state index in [0.29, 0.717) is 12.0 Å². The molecule has 2 heterocycles. The van der Waals surface area contributed by atoms with Crippen LogP contribution in [0.1, 0.15) is 33.1 Å². The van der Waals surface area contributed by atoms with E-state index in [4.69, 9.17) is 9.47 Å².